The molecule has 0 unspecified atom stereocenters. The summed E-state index contributed by atoms with van der Waals surface area (Å²) in [5, 5.41) is 0. The third kappa shape index (κ3) is 1.36. The summed E-state index contributed by atoms with van der Waals surface area (Å²) in [5.74, 6) is 1.12. The number of allylic oxidation sites excluding steroid dienone is 2. The van der Waals surface area contributed by atoms with Crippen LogP contribution in [0.4, 0.5) is 5.69 Å². The second-order valence-corrected chi connectivity index (χ2v) is 9.86. The Kier molecular flexibility index (Phi) is 2.52. The smallest absolute Gasteiger partial charge is 0.238 e. The van der Waals surface area contributed by atoms with E-state index in [4.69, 9.17) is 0 Å². The topological polar surface area (TPSA) is 37.4 Å². The summed E-state index contributed by atoms with van der Waals surface area (Å²) in [7, 11) is 0. The Labute approximate surface area is 154 Å². The monoisotopic (exact) mass is 347 g/mol. The zero-order valence-corrected chi connectivity index (χ0v) is 15.7. The number of fused-ring (bicyclic) bond motifs is 11. The standard InChI is InChI=1S/C23H25NO2/c1-22(2)15-9-10-23(22,3)19-14-11-13(16(15)19)17-18(14)21(26)24(20(17)25)12-7-5-4-6-8-12/h4-8,13-15,17-18H,9-11H2,1-3H3/t13-,14+,15+,17+,18+,23-/m1/s1. The highest BCUT2D eigenvalue weighted by molar-refractivity contribution is 6.23. The number of anilines is 1. The molecular formula is C23H25NO2. The molecule has 0 radical (unpaired) electrons. The highest BCUT2D eigenvalue weighted by atomic mass is 16.2. The first-order chi connectivity index (χ1) is 12.4. The molecule has 2 saturated carbocycles. The van der Waals surface area contributed by atoms with E-state index in [2.05, 4.69) is 20.8 Å². The van der Waals surface area contributed by atoms with Crippen LogP contribution in [0.1, 0.15) is 40.0 Å². The summed E-state index contributed by atoms with van der Waals surface area (Å²) in [6.07, 6.45) is 3.55. The molecule has 1 saturated heterocycles. The van der Waals surface area contributed by atoms with Gasteiger partial charge in [-0.3, -0.25) is 14.5 Å². The zero-order chi connectivity index (χ0) is 18.0. The molecule has 6 rings (SSSR count). The van der Waals surface area contributed by atoms with Gasteiger partial charge in [0.25, 0.3) is 0 Å². The number of imide groups is 1. The summed E-state index contributed by atoms with van der Waals surface area (Å²) >= 11 is 0. The maximum absolute atomic E-state index is 13.3. The first-order valence-corrected chi connectivity index (χ1v) is 10.1. The summed E-state index contributed by atoms with van der Waals surface area (Å²) in [6.45, 7) is 7.26. The molecule has 2 amide bonds. The van der Waals surface area contributed by atoms with E-state index in [1.54, 1.807) is 11.1 Å². The van der Waals surface area contributed by atoms with Crippen LogP contribution in [0.15, 0.2) is 41.5 Å². The molecule has 26 heavy (non-hydrogen) atoms. The van der Waals surface area contributed by atoms with E-state index in [0.717, 1.165) is 12.1 Å². The maximum Gasteiger partial charge on any atom is 0.238 e. The van der Waals surface area contributed by atoms with Gasteiger partial charge in [0.15, 0.2) is 0 Å². The lowest BCUT2D eigenvalue weighted by molar-refractivity contribution is -0.123. The van der Waals surface area contributed by atoms with Gasteiger partial charge in [-0.1, -0.05) is 50.1 Å². The summed E-state index contributed by atoms with van der Waals surface area (Å²) in [4.78, 5) is 28.1. The molecule has 4 bridgehead atoms. The van der Waals surface area contributed by atoms with Crippen LogP contribution >= 0.6 is 0 Å². The lowest BCUT2D eigenvalue weighted by Gasteiger charge is -2.40. The predicted octanol–water partition coefficient (Wildman–Crippen LogP) is 4.19. The summed E-state index contributed by atoms with van der Waals surface area (Å²) < 4.78 is 0. The van der Waals surface area contributed by atoms with Crippen molar-refractivity contribution < 1.29 is 9.59 Å². The first-order valence-electron chi connectivity index (χ1n) is 10.1. The molecular weight excluding hydrogens is 322 g/mol. The fraction of sp³-hybridized carbons (Fsp3) is 0.565. The van der Waals surface area contributed by atoms with Crippen LogP contribution in [0, 0.1) is 40.4 Å². The molecule has 0 spiro atoms. The van der Waals surface area contributed by atoms with Gasteiger partial charge < -0.3 is 0 Å². The molecule has 3 nitrogen and oxygen atoms in total. The molecule has 6 atom stereocenters. The van der Waals surface area contributed by atoms with E-state index >= 15 is 0 Å². The molecule has 0 N–H and O–H groups in total. The molecule has 134 valence electrons. The van der Waals surface area contributed by atoms with Gasteiger partial charge in [0.05, 0.1) is 17.5 Å². The summed E-state index contributed by atoms with van der Waals surface area (Å²) in [5.41, 5.74) is 4.44. The quantitative estimate of drug-likeness (QED) is 0.434. The van der Waals surface area contributed by atoms with Crippen molar-refractivity contribution in [3.63, 3.8) is 0 Å². The Hall–Kier alpha value is -1.90. The number of nitrogens with zero attached hydrogens (tertiary/aromatic N) is 1. The van der Waals surface area contributed by atoms with Crippen LogP contribution in [-0.2, 0) is 9.59 Å². The number of benzene rings is 1. The van der Waals surface area contributed by atoms with E-state index in [0.29, 0.717) is 17.8 Å². The third-order valence-electron chi connectivity index (χ3n) is 9.06. The number of rotatable bonds is 1. The van der Waals surface area contributed by atoms with Gasteiger partial charge in [-0.15, -0.1) is 0 Å². The summed E-state index contributed by atoms with van der Waals surface area (Å²) in [6, 6.07) is 9.50. The van der Waals surface area contributed by atoms with Crippen LogP contribution in [-0.4, -0.2) is 11.8 Å². The Balaban J connectivity index is 1.46. The lowest BCUT2D eigenvalue weighted by atomic mass is 9.63. The largest absolute Gasteiger partial charge is 0.274 e. The predicted molar refractivity (Wildman–Crippen MR) is 99.2 cm³/mol. The Bertz CT molecular complexity index is 898. The number of hydrogen-bond donors (Lipinski definition) is 0. The number of para-hydroxylation sites is 1. The normalized spacial score (nSPS) is 44.3. The van der Waals surface area contributed by atoms with Gasteiger partial charge in [0, 0.05) is 0 Å². The van der Waals surface area contributed by atoms with Crippen molar-refractivity contribution in [3.8, 4) is 0 Å². The highest BCUT2D eigenvalue weighted by Gasteiger charge is 2.73. The van der Waals surface area contributed by atoms with Crippen molar-refractivity contribution in [2.24, 2.45) is 40.4 Å². The first kappa shape index (κ1) is 15.2. The fourth-order valence-electron chi connectivity index (χ4n) is 7.69. The van der Waals surface area contributed by atoms with E-state index < -0.39 is 0 Å². The van der Waals surface area contributed by atoms with Crippen molar-refractivity contribution in [1.82, 2.24) is 0 Å². The molecule has 1 aromatic rings. The van der Waals surface area contributed by atoms with Crippen LogP contribution in [0.25, 0.3) is 0 Å². The Morgan fingerprint density at radius 1 is 0.962 bits per heavy atom. The molecule has 1 aromatic carbocycles. The number of carbonyl (C=O) groups excluding carboxylic acids is 2. The molecule has 5 aliphatic rings. The minimum absolute atomic E-state index is 0.0504. The van der Waals surface area contributed by atoms with Gasteiger partial charge in [-0.2, -0.15) is 0 Å². The Morgan fingerprint density at radius 2 is 1.62 bits per heavy atom. The molecule has 1 heterocycles. The highest BCUT2D eigenvalue weighted by Crippen LogP contribution is 2.77. The van der Waals surface area contributed by atoms with Gasteiger partial charge in [-0.05, 0) is 60.0 Å². The maximum atomic E-state index is 13.3. The van der Waals surface area contributed by atoms with Crippen molar-refractivity contribution in [2.75, 3.05) is 4.90 Å². The van der Waals surface area contributed by atoms with Gasteiger partial charge in [0.2, 0.25) is 11.8 Å². The van der Waals surface area contributed by atoms with Gasteiger partial charge in [-0.25, -0.2) is 0 Å². The average molecular weight is 347 g/mol. The Morgan fingerprint density at radius 3 is 2.31 bits per heavy atom. The van der Waals surface area contributed by atoms with Crippen LogP contribution in [0.5, 0.6) is 0 Å². The van der Waals surface area contributed by atoms with E-state index in [-0.39, 0.29) is 34.5 Å². The number of amides is 2. The number of carbonyl (C=O) groups is 2. The molecule has 3 fully saturated rings. The third-order valence-corrected chi connectivity index (χ3v) is 9.06. The van der Waals surface area contributed by atoms with Crippen molar-refractivity contribution in [1.29, 1.82) is 0 Å². The second kappa shape index (κ2) is 4.32. The van der Waals surface area contributed by atoms with Crippen LogP contribution in [0.2, 0.25) is 0 Å². The van der Waals surface area contributed by atoms with E-state index in [1.807, 2.05) is 30.3 Å². The van der Waals surface area contributed by atoms with Gasteiger partial charge in [0.1, 0.15) is 0 Å². The molecule has 0 aromatic heterocycles. The van der Waals surface area contributed by atoms with Crippen molar-refractivity contribution in [3.05, 3.63) is 41.5 Å². The minimum atomic E-state index is -0.113. The van der Waals surface area contributed by atoms with Crippen molar-refractivity contribution in [2.45, 2.75) is 40.0 Å². The fourth-order valence-corrected chi connectivity index (χ4v) is 7.69. The van der Waals surface area contributed by atoms with Crippen LogP contribution < -0.4 is 4.90 Å². The van der Waals surface area contributed by atoms with E-state index in [1.165, 1.54) is 17.7 Å². The average Bonchev–Trinajstić information content (AvgIpc) is 3.34. The number of hydrogen-bond acceptors (Lipinski definition) is 2. The molecule has 4 aliphatic carbocycles. The zero-order valence-electron chi connectivity index (χ0n) is 15.7. The minimum Gasteiger partial charge on any atom is -0.274 e. The van der Waals surface area contributed by atoms with Crippen LogP contribution in [0.3, 0.4) is 0 Å². The second-order valence-electron chi connectivity index (χ2n) is 9.86. The van der Waals surface area contributed by atoms with Gasteiger partial charge >= 0.3 is 0 Å². The molecule has 3 heteroatoms. The van der Waals surface area contributed by atoms with E-state index in [9.17, 15) is 9.59 Å². The molecule has 1 aliphatic heterocycles. The van der Waals surface area contributed by atoms with Crippen molar-refractivity contribution >= 4 is 17.5 Å². The lowest BCUT2D eigenvalue weighted by Crippen LogP contribution is -2.36. The SMILES string of the molecule is CC1(C)[C@H]2CC[C@]1(C)C1=C2[C@H]2C[C@H]1[C@@H]1C(=O)N(c3ccccc3)C(=O)[C@H]12.